The van der Waals surface area contributed by atoms with Crippen LogP contribution in [0, 0.1) is 6.92 Å². The summed E-state index contributed by atoms with van der Waals surface area (Å²) in [4.78, 5) is 15.7. The van der Waals surface area contributed by atoms with Gasteiger partial charge in [-0.3, -0.25) is 9.48 Å². The Hall–Kier alpha value is -2.22. The maximum absolute atomic E-state index is 11.8. The van der Waals surface area contributed by atoms with E-state index in [2.05, 4.69) is 20.6 Å². The van der Waals surface area contributed by atoms with Crippen molar-refractivity contribution in [1.29, 1.82) is 0 Å². The average molecular weight is 250 g/mol. The number of aryl methyl sites for hydroxylation is 2. The number of carbonyl (C=O) groups excluding carboxylic acids is 1. The van der Waals surface area contributed by atoms with Gasteiger partial charge in [-0.25, -0.2) is 0 Å². The first-order chi connectivity index (χ1) is 8.56. The topological polar surface area (TPSA) is 112 Å². The number of rotatable bonds is 4. The minimum atomic E-state index is -0.761. The van der Waals surface area contributed by atoms with E-state index in [0.717, 1.165) is 0 Å². The third kappa shape index (κ3) is 2.72. The SMILES string of the molecule is Cc1noc(CNC(=O)C(N)c2cnn(C)c2)n1. The normalized spacial score (nSPS) is 12.4. The van der Waals surface area contributed by atoms with Crippen LogP contribution in [0.25, 0.3) is 0 Å². The lowest BCUT2D eigenvalue weighted by atomic mass is 10.1. The molecule has 2 aromatic rings. The Balaban J connectivity index is 1.92. The molecule has 0 spiro atoms. The van der Waals surface area contributed by atoms with Gasteiger partial charge in [-0.15, -0.1) is 0 Å². The van der Waals surface area contributed by atoms with Crippen LogP contribution < -0.4 is 11.1 Å². The summed E-state index contributed by atoms with van der Waals surface area (Å²) < 4.78 is 6.46. The highest BCUT2D eigenvalue weighted by atomic mass is 16.5. The molecule has 96 valence electrons. The number of nitrogens with two attached hydrogens (primary N) is 1. The van der Waals surface area contributed by atoms with E-state index in [1.807, 2.05) is 0 Å². The Morgan fingerprint density at radius 1 is 1.67 bits per heavy atom. The molecule has 8 heteroatoms. The van der Waals surface area contributed by atoms with Crippen LogP contribution in [0.4, 0.5) is 0 Å². The fraction of sp³-hybridized carbons (Fsp3) is 0.400. The van der Waals surface area contributed by atoms with Crippen LogP contribution in [-0.4, -0.2) is 25.8 Å². The lowest BCUT2D eigenvalue weighted by Crippen LogP contribution is -2.33. The first kappa shape index (κ1) is 12.2. The summed E-state index contributed by atoms with van der Waals surface area (Å²) >= 11 is 0. The Morgan fingerprint density at radius 2 is 2.44 bits per heavy atom. The minimum Gasteiger partial charge on any atom is -0.345 e. The molecule has 0 saturated heterocycles. The summed E-state index contributed by atoms with van der Waals surface area (Å²) in [6.45, 7) is 1.86. The van der Waals surface area contributed by atoms with Crippen molar-refractivity contribution >= 4 is 5.91 Å². The molecule has 18 heavy (non-hydrogen) atoms. The predicted molar refractivity (Wildman–Crippen MR) is 61.0 cm³/mol. The van der Waals surface area contributed by atoms with Crippen molar-refractivity contribution in [3.8, 4) is 0 Å². The van der Waals surface area contributed by atoms with Crippen LogP contribution in [0.1, 0.15) is 23.3 Å². The zero-order valence-electron chi connectivity index (χ0n) is 10.1. The molecule has 0 aliphatic heterocycles. The van der Waals surface area contributed by atoms with E-state index in [0.29, 0.717) is 17.3 Å². The molecule has 0 aromatic carbocycles. The van der Waals surface area contributed by atoms with Gasteiger partial charge in [0.15, 0.2) is 5.82 Å². The first-order valence-corrected chi connectivity index (χ1v) is 5.37. The Morgan fingerprint density at radius 3 is 3.00 bits per heavy atom. The summed E-state index contributed by atoms with van der Waals surface area (Å²) in [6.07, 6.45) is 3.25. The number of amides is 1. The summed E-state index contributed by atoms with van der Waals surface area (Å²) in [5.74, 6) is 0.550. The van der Waals surface area contributed by atoms with Crippen LogP contribution >= 0.6 is 0 Å². The lowest BCUT2D eigenvalue weighted by Gasteiger charge is -2.08. The molecule has 0 saturated carbocycles. The number of nitrogens with zero attached hydrogens (tertiary/aromatic N) is 4. The molecule has 0 aliphatic carbocycles. The van der Waals surface area contributed by atoms with Gasteiger partial charge >= 0.3 is 0 Å². The van der Waals surface area contributed by atoms with Crippen LogP contribution in [0.3, 0.4) is 0 Å². The highest BCUT2D eigenvalue weighted by Crippen LogP contribution is 2.08. The Kier molecular flexibility index (Phi) is 3.38. The summed E-state index contributed by atoms with van der Waals surface area (Å²) in [7, 11) is 1.76. The van der Waals surface area contributed by atoms with E-state index in [9.17, 15) is 4.79 Å². The van der Waals surface area contributed by atoms with Gasteiger partial charge in [0.1, 0.15) is 6.04 Å². The molecule has 2 aromatic heterocycles. The lowest BCUT2D eigenvalue weighted by molar-refractivity contribution is -0.122. The van der Waals surface area contributed by atoms with Gasteiger partial charge in [-0.05, 0) is 6.92 Å². The van der Waals surface area contributed by atoms with Crippen molar-refractivity contribution in [2.45, 2.75) is 19.5 Å². The Bertz CT molecular complexity index is 546. The van der Waals surface area contributed by atoms with Gasteiger partial charge < -0.3 is 15.6 Å². The smallest absolute Gasteiger partial charge is 0.246 e. The van der Waals surface area contributed by atoms with Gasteiger partial charge in [0.2, 0.25) is 11.8 Å². The predicted octanol–water partition coefficient (Wildman–Crippen LogP) is -0.572. The van der Waals surface area contributed by atoms with Crippen molar-refractivity contribution in [1.82, 2.24) is 25.2 Å². The number of nitrogens with one attached hydrogen (secondary N) is 1. The molecule has 0 radical (unpaired) electrons. The summed E-state index contributed by atoms with van der Waals surface area (Å²) in [6, 6.07) is -0.761. The van der Waals surface area contributed by atoms with Gasteiger partial charge in [-0.1, -0.05) is 5.16 Å². The summed E-state index contributed by atoms with van der Waals surface area (Å²) in [5.41, 5.74) is 6.44. The van der Waals surface area contributed by atoms with Gasteiger partial charge in [0.05, 0.1) is 12.7 Å². The molecule has 3 N–H and O–H groups in total. The highest BCUT2D eigenvalue weighted by Gasteiger charge is 2.17. The van der Waals surface area contributed by atoms with Gasteiger partial charge in [-0.2, -0.15) is 10.1 Å². The number of aromatic nitrogens is 4. The highest BCUT2D eigenvalue weighted by molar-refractivity contribution is 5.82. The number of carbonyl (C=O) groups is 1. The zero-order chi connectivity index (χ0) is 13.1. The van der Waals surface area contributed by atoms with Gasteiger partial charge in [0.25, 0.3) is 0 Å². The van der Waals surface area contributed by atoms with E-state index < -0.39 is 6.04 Å². The molecule has 0 fully saturated rings. The minimum absolute atomic E-state index is 0.160. The standard InChI is InChI=1S/C10H14N6O2/c1-6-14-8(18-15-6)4-12-10(17)9(11)7-3-13-16(2)5-7/h3,5,9H,4,11H2,1-2H3,(H,12,17). The first-order valence-electron chi connectivity index (χ1n) is 5.37. The van der Waals surface area contributed by atoms with Gasteiger partial charge in [0, 0.05) is 18.8 Å². The fourth-order valence-electron chi connectivity index (χ4n) is 1.44. The molecule has 1 atom stereocenters. The van der Waals surface area contributed by atoms with E-state index in [4.69, 9.17) is 10.3 Å². The molecule has 2 rings (SSSR count). The third-order valence-electron chi connectivity index (χ3n) is 2.35. The second-order valence-corrected chi connectivity index (χ2v) is 3.88. The maximum Gasteiger partial charge on any atom is 0.246 e. The van der Waals surface area contributed by atoms with Crippen molar-refractivity contribution in [2.75, 3.05) is 0 Å². The van der Waals surface area contributed by atoms with E-state index in [1.165, 1.54) is 0 Å². The van der Waals surface area contributed by atoms with E-state index >= 15 is 0 Å². The van der Waals surface area contributed by atoms with Crippen molar-refractivity contribution in [3.05, 3.63) is 29.7 Å². The van der Waals surface area contributed by atoms with Crippen molar-refractivity contribution < 1.29 is 9.32 Å². The summed E-state index contributed by atoms with van der Waals surface area (Å²) in [5, 5.41) is 10.2. The van der Waals surface area contributed by atoms with E-state index in [-0.39, 0.29) is 12.5 Å². The van der Waals surface area contributed by atoms with E-state index in [1.54, 1.807) is 31.0 Å². The van der Waals surface area contributed by atoms with Crippen molar-refractivity contribution in [2.24, 2.45) is 12.8 Å². The van der Waals surface area contributed by atoms with Crippen LogP contribution in [0.5, 0.6) is 0 Å². The monoisotopic (exact) mass is 250 g/mol. The number of hydrogen-bond acceptors (Lipinski definition) is 6. The third-order valence-corrected chi connectivity index (χ3v) is 2.35. The largest absolute Gasteiger partial charge is 0.345 e. The maximum atomic E-state index is 11.8. The van der Waals surface area contributed by atoms with Crippen molar-refractivity contribution in [3.63, 3.8) is 0 Å². The Labute approximate surface area is 103 Å². The molecule has 0 bridgehead atoms. The molecular weight excluding hydrogens is 236 g/mol. The number of hydrogen-bond donors (Lipinski definition) is 2. The fourth-order valence-corrected chi connectivity index (χ4v) is 1.44. The van der Waals surface area contributed by atoms with Crippen LogP contribution in [-0.2, 0) is 18.4 Å². The molecule has 1 unspecified atom stereocenters. The molecule has 8 nitrogen and oxygen atoms in total. The molecular formula is C10H14N6O2. The van der Waals surface area contributed by atoms with Crippen LogP contribution in [0.15, 0.2) is 16.9 Å². The molecule has 2 heterocycles. The zero-order valence-corrected chi connectivity index (χ0v) is 10.1. The second kappa shape index (κ2) is 4.96. The quantitative estimate of drug-likeness (QED) is 0.751. The molecule has 1 amide bonds. The second-order valence-electron chi connectivity index (χ2n) is 3.88. The molecule has 0 aliphatic rings. The average Bonchev–Trinajstić information content (AvgIpc) is 2.94. The van der Waals surface area contributed by atoms with Crippen LogP contribution in [0.2, 0.25) is 0 Å².